The molecule has 0 fully saturated rings. The van der Waals surface area contributed by atoms with Crippen LogP contribution in [0.1, 0.15) is 35.8 Å². The number of nitrogens with one attached hydrogen (secondary N) is 1. The van der Waals surface area contributed by atoms with Crippen LogP contribution in [0.2, 0.25) is 0 Å². The minimum atomic E-state index is -4.40. The highest BCUT2D eigenvalue weighted by Crippen LogP contribution is 2.23. The summed E-state index contributed by atoms with van der Waals surface area (Å²) in [4.78, 5) is 12.3. The van der Waals surface area contributed by atoms with Crippen LogP contribution in [0.5, 0.6) is 0 Å². The van der Waals surface area contributed by atoms with E-state index < -0.39 is 18.7 Å². The Morgan fingerprint density at radius 3 is 2.50 bits per heavy atom. The van der Waals surface area contributed by atoms with Gasteiger partial charge in [-0.2, -0.15) is 18.3 Å². The van der Waals surface area contributed by atoms with Crippen LogP contribution in [-0.2, 0) is 4.74 Å². The van der Waals surface area contributed by atoms with Crippen molar-refractivity contribution < 1.29 is 27.1 Å². The molecule has 142 valence electrons. The number of amides is 1. The standard InChI is InChI=1S/C17H19F4N3O2/c1-11(2)15-14(16(25)22-7-8-26-10-17(19,20)21)9-23-24(15)13-5-3-12(18)4-6-13/h3-6,9,11H,7-8,10H2,1-2H3,(H,22,25). The molecule has 0 saturated carbocycles. The lowest BCUT2D eigenvalue weighted by Gasteiger charge is -2.13. The van der Waals surface area contributed by atoms with Crippen LogP contribution < -0.4 is 5.32 Å². The average molecular weight is 373 g/mol. The van der Waals surface area contributed by atoms with Gasteiger partial charge < -0.3 is 10.1 Å². The van der Waals surface area contributed by atoms with Crippen molar-refractivity contribution >= 4 is 5.91 Å². The molecule has 1 N–H and O–H groups in total. The molecule has 0 aliphatic heterocycles. The number of halogens is 4. The molecule has 1 aromatic carbocycles. The van der Waals surface area contributed by atoms with Gasteiger partial charge in [0.2, 0.25) is 0 Å². The van der Waals surface area contributed by atoms with E-state index in [4.69, 9.17) is 0 Å². The summed E-state index contributed by atoms with van der Waals surface area (Å²) in [6, 6.07) is 5.67. The van der Waals surface area contributed by atoms with Gasteiger partial charge in [-0.1, -0.05) is 13.8 Å². The van der Waals surface area contributed by atoms with Crippen LogP contribution in [0.25, 0.3) is 5.69 Å². The molecule has 1 aromatic heterocycles. The van der Waals surface area contributed by atoms with E-state index in [-0.39, 0.29) is 24.9 Å². The van der Waals surface area contributed by atoms with Crippen LogP contribution in [-0.4, -0.2) is 41.6 Å². The van der Waals surface area contributed by atoms with Gasteiger partial charge >= 0.3 is 6.18 Å². The third-order valence-corrected chi connectivity index (χ3v) is 3.47. The number of hydrogen-bond acceptors (Lipinski definition) is 3. The highest BCUT2D eigenvalue weighted by Gasteiger charge is 2.27. The van der Waals surface area contributed by atoms with E-state index >= 15 is 0 Å². The number of carbonyl (C=O) groups excluding carboxylic acids is 1. The summed E-state index contributed by atoms with van der Waals surface area (Å²) >= 11 is 0. The molecule has 0 unspecified atom stereocenters. The van der Waals surface area contributed by atoms with Crippen molar-refractivity contribution in [3.05, 3.63) is 47.5 Å². The Kier molecular flexibility index (Phi) is 6.36. The van der Waals surface area contributed by atoms with Gasteiger partial charge in [0.25, 0.3) is 5.91 Å². The molecule has 5 nitrogen and oxygen atoms in total. The number of benzene rings is 1. The number of hydrogen-bond donors (Lipinski definition) is 1. The van der Waals surface area contributed by atoms with Crippen molar-refractivity contribution in [3.8, 4) is 5.69 Å². The van der Waals surface area contributed by atoms with Crippen LogP contribution in [0, 0.1) is 5.82 Å². The number of carbonyl (C=O) groups is 1. The molecule has 0 saturated heterocycles. The molecular weight excluding hydrogens is 354 g/mol. The lowest BCUT2D eigenvalue weighted by Crippen LogP contribution is -2.29. The Morgan fingerprint density at radius 1 is 1.27 bits per heavy atom. The first kappa shape index (κ1) is 19.9. The molecule has 1 heterocycles. The van der Waals surface area contributed by atoms with Gasteiger partial charge in [0.15, 0.2) is 0 Å². The number of alkyl halides is 3. The van der Waals surface area contributed by atoms with Gasteiger partial charge in [-0.25, -0.2) is 9.07 Å². The molecule has 0 spiro atoms. The molecule has 2 rings (SSSR count). The van der Waals surface area contributed by atoms with E-state index in [1.165, 1.54) is 18.3 Å². The summed E-state index contributed by atoms with van der Waals surface area (Å²) < 4.78 is 55.1. The molecule has 0 aliphatic rings. The fourth-order valence-electron chi connectivity index (χ4n) is 2.40. The van der Waals surface area contributed by atoms with Crippen LogP contribution in [0.4, 0.5) is 17.6 Å². The topological polar surface area (TPSA) is 56.1 Å². The minimum Gasteiger partial charge on any atom is -0.370 e. The number of nitrogens with zero attached hydrogens (tertiary/aromatic N) is 2. The smallest absolute Gasteiger partial charge is 0.370 e. The third-order valence-electron chi connectivity index (χ3n) is 3.47. The molecular formula is C17H19F4N3O2. The van der Waals surface area contributed by atoms with Gasteiger partial charge in [-0.3, -0.25) is 4.79 Å². The molecule has 0 bridgehead atoms. The Balaban J connectivity index is 2.07. The maximum Gasteiger partial charge on any atom is 0.411 e. The Bertz CT molecular complexity index is 739. The fourth-order valence-corrected chi connectivity index (χ4v) is 2.40. The molecule has 26 heavy (non-hydrogen) atoms. The first-order chi connectivity index (χ1) is 12.2. The van der Waals surface area contributed by atoms with Crippen molar-refractivity contribution in [2.24, 2.45) is 0 Å². The van der Waals surface area contributed by atoms with Crippen LogP contribution in [0.3, 0.4) is 0 Å². The Hall–Kier alpha value is -2.42. The van der Waals surface area contributed by atoms with Crippen molar-refractivity contribution in [1.82, 2.24) is 15.1 Å². The summed E-state index contributed by atoms with van der Waals surface area (Å²) in [5.74, 6) is -0.911. The fraction of sp³-hybridized carbons (Fsp3) is 0.412. The molecule has 0 radical (unpaired) electrons. The highest BCUT2D eigenvalue weighted by molar-refractivity contribution is 5.95. The van der Waals surface area contributed by atoms with Crippen LogP contribution in [0.15, 0.2) is 30.5 Å². The number of rotatable bonds is 7. The monoisotopic (exact) mass is 373 g/mol. The first-order valence-electron chi connectivity index (χ1n) is 7.95. The van der Waals surface area contributed by atoms with Crippen molar-refractivity contribution in [1.29, 1.82) is 0 Å². The first-order valence-corrected chi connectivity index (χ1v) is 7.95. The third kappa shape index (κ3) is 5.29. The van der Waals surface area contributed by atoms with Gasteiger partial charge in [0.05, 0.1) is 29.7 Å². The molecule has 9 heteroatoms. The lowest BCUT2D eigenvalue weighted by atomic mass is 10.1. The van der Waals surface area contributed by atoms with Gasteiger partial charge in [-0.15, -0.1) is 0 Å². The summed E-state index contributed by atoms with van der Waals surface area (Å²) in [6.45, 7) is 2.08. The molecule has 1 amide bonds. The second-order valence-electron chi connectivity index (χ2n) is 5.91. The number of ether oxygens (including phenoxy) is 1. The summed E-state index contributed by atoms with van der Waals surface area (Å²) in [7, 11) is 0. The van der Waals surface area contributed by atoms with E-state index in [9.17, 15) is 22.4 Å². The zero-order chi connectivity index (χ0) is 19.3. The van der Waals surface area contributed by atoms with E-state index in [0.29, 0.717) is 16.9 Å². The minimum absolute atomic E-state index is 0.0613. The van der Waals surface area contributed by atoms with E-state index in [1.54, 1.807) is 16.8 Å². The Labute approximate surface area is 148 Å². The maximum absolute atomic E-state index is 13.1. The van der Waals surface area contributed by atoms with Gasteiger partial charge in [-0.05, 0) is 30.2 Å². The second kappa shape index (κ2) is 8.31. The van der Waals surface area contributed by atoms with Gasteiger partial charge in [0, 0.05) is 6.54 Å². The van der Waals surface area contributed by atoms with E-state index in [2.05, 4.69) is 15.2 Å². The predicted molar refractivity (Wildman–Crippen MR) is 86.8 cm³/mol. The van der Waals surface area contributed by atoms with Crippen LogP contribution >= 0.6 is 0 Å². The van der Waals surface area contributed by atoms with E-state index in [1.807, 2.05) is 13.8 Å². The largest absolute Gasteiger partial charge is 0.411 e. The number of aromatic nitrogens is 2. The lowest BCUT2D eigenvalue weighted by molar-refractivity contribution is -0.173. The molecule has 2 aromatic rings. The SMILES string of the molecule is CC(C)c1c(C(=O)NCCOCC(F)(F)F)cnn1-c1ccc(F)cc1. The average Bonchev–Trinajstić information content (AvgIpc) is 2.99. The van der Waals surface area contributed by atoms with Crippen molar-refractivity contribution in [2.45, 2.75) is 25.9 Å². The quantitative estimate of drug-likeness (QED) is 0.598. The molecule has 0 atom stereocenters. The van der Waals surface area contributed by atoms with Crippen molar-refractivity contribution in [2.75, 3.05) is 19.8 Å². The summed E-state index contributed by atoms with van der Waals surface area (Å²) in [5, 5.41) is 6.70. The summed E-state index contributed by atoms with van der Waals surface area (Å²) in [5.41, 5.74) is 1.52. The van der Waals surface area contributed by atoms with Crippen molar-refractivity contribution in [3.63, 3.8) is 0 Å². The highest BCUT2D eigenvalue weighted by atomic mass is 19.4. The van der Waals surface area contributed by atoms with Gasteiger partial charge in [0.1, 0.15) is 12.4 Å². The summed E-state index contributed by atoms with van der Waals surface area (Å²) in [6.07, 6.45) is -3.02. The zero-order valence-electron chi connectivity index (χ0n) is 14.3. The molecule has 0 aliphatic carbocycles. The normalized spacial score (nSPS) is 11.8. The Morgan fingerprint density at radius 2 is 1.92 bits per heavy atom. The predicted octanol–water partition coefficient (Wildman–Crippen LogP) is 3.44. The zero-order valence-corrected chi connectivity index (χ0v) is 14.3. The van der Waals surface area contributed by atoms with E-state index in [0.717, 1.165) is 0 Å². The maximum atomic E-state index is 13.1. The second-order valence-corrected chi connectivity index (χ2v) is 5.91.